The lowest BCUT2D eigenvalue weighted by Gasteiger charge is -2.29. The molecule has 6 heteroatoms. The van der Waals surface area contributed by atoms with Crippen LogP contribution in [0.3, 0.4) is 0 Å². The minimum absolute atomic E-state index is 0.228. The lowest BCUT2D eigenvalue weighted by atomic mass is 10.1. The Balaban J connectivity index is 2.67. The Hall–Kier alpha value is 0.220. The van der Waals surface area contributed by atoms with Gasteiger partial charge in [-0.05, 0) is 15.9 Å². The Morgan fingerprint density at radius 2 is 1.67 bits per heavy atom. The summed E-state index contributed by atoms with van der Waals surface area (Å²) in [4.78, 5) is -3.38. The predicted octanol–water partition coefficient (Wildman–Crippen LogP) is 0.752. The van der Waals surface area contributed by atoms with Gasteiger partial charge in [0.2, 0.25) is 0 Å². The Morgan fingerprint density at radius 1 is 1.25 bits per heavy atom. The minimum atomic E-state index is -3.38. The fourth-order valence-electron chi connectivity index (χ4n) is 0.805. The van der Waals surface area contributed by atoms with Crippen LogP contribution in [0.15, 0.2) is 0 Å². The van der Waals surface area contributed by atoms with Gasteiger partial charge in [0.1, 0.15) is 0 Å². The molecule has 1 aliphatic rings. The van der Waals surface area contributed by atoms with Crippen molar-refractivity contribution >= 4 is 15.9 Å². The molecule has 1 rings (SSSR count). The van der Waals surface area contributed by atoms with Crippen LogP contribution < -0.4 is 0 Å². The largest absolute Gasteiger partial charge is 0.378 e. The summed E-state index contributed by atoms with van der Waals surface area (Å²) in [6.07, 6.45) is 0. The molecule has 1 N–H and O–H groups in total. The fraction of sp³-hybridized carbons (Fsp3) is 1.00. The molecule has 0 aliphatic carbocycles. The molecule has 1 heterocycles. The highest BCUT2D eigenvalue weighted by Gasteiger charge is 2.52. The summed E-state index contributed by atoms with van der Waals surface area (Å²) < 4.78 is 34.9. The van der Waals surface area contributed by atoms with Gasteiger partial charge in [-0.2, -0.15) is 8.78 Å². The first-order valence-electron chi connectivity index (χ1n) is 3.40. The first kappa shape index (κ1) is 10.3. The molecular formula is C6H9BrF2O3. The van der Waals surface area contributed by atoms with Crippen molar-refractivity contribution in [2.75, 3.05) is 26.4 Å². The van der Waals surface area contributed by atoms with Crippen LogP contribution >= 0.6 is 15.9 Å². The third-order valence-corrected chi connectivity index (χ3v) is 2.32. The second kappa shape index (κ2) is 3.53. The summed E-state index contributed by atoms with van der Waals surface area (Å²) in [6, 6.07) is 0. The molecule has 0 saturated carbocycles. The maximum atomic E-state index is 12.7. The average molecular weight is 247 g/mol. The average Bonchev–Trinajstić information content (AvgIpc) is 2.12. The summed E-state index contributed by atoms with van der Waals surface area (Å²) in [5.74, 6) is 0. The van der Waals surface area contributed by atoms with Crippen molar-refractivity contribution in [3.05, 3.63) is 0 Å². The molecule has 0 spiro atoms. The van der Waals surface area contributed by atoms with Crippen LogP contribution in [0.1, 0.15) is 0 Å². The van der Waals surface area contributed by atoms with E-state index in [-0.39, 0.29) is 13.2 Å². The second-order valence-corrected chi connectivity index (χ2v) is 3.63. The van der Waals surface area contributed by atoms with Crippen LogP contribution in [-0.4, -0.2) is 42.0 Å². The van der Waals surface area contributed by atoms with Crippen molar-refractivity contribution in [2.24, 2.45) is 0 Å². The normalized spacial score (nSPS) is 25.0. The van der Waals surface area contributed by atoms with Gasteiger partial charge in [-0.3, -0.25) is 0 Å². The van der Waals surface area contributed by atoms with Gasteiger partial charge in [-0.1, -0.05) is 0 Å². The Bertz CT molecular complexity index is 151. The molecule has 0 aromatic heterocycles. The van der Waals surface area contributed by atoms with Gasteiger partial charge in [-0.15, -0.1) is 0 Å². The molecule has 1 aliphatic heterocycles. The predicted molar refractivity (Wildman–Crippen MR) is 40.5 cm³/mol. The maximum Gasteiger partial charge on any atom is 0.333 e. The van der Waals surface area contributed by atoms with E-state index in [4.69, 9.17) is 9.47 Å². The lowest BCUT2D eigenvalue weighted by Crippen LogP contribution is -2.50. The summed E-state index contributed by atoms with van der Waals surface area (Å²) in [6.45, 7) is -0.396. The molecule has 0 aromatic carbocycles. The van der Waals surface area contributed by atoms with Gasteiger partial charge in [0, 0.05) is 0 Å². The number of aliphatic hydroxyl groups is 1. The van der Waals surface area contributed by atoms with Crippen molar-refractivity contribution in [1.29, 1.82) is 0 Å². The number of halogens is 3. The van der Waals surface area contributed by atoms with Crippen LogP contribution in [0.25, 0.3) is 0 Å². The van der Waals surface area contributed by atoms with E-state index in [1.54, 1.807) is 0 Å². The van der Waals surface area contributed by atoms with Crippen LogP contribution in [0.5, 0.6) is 0 Å². The second-order valence-electron chi connectivity index (χ2n) is 2.63. The van der Waals surface area contributed by atoms with Crippen LogP contribution in [0.4, 0.5) is 8.78 Å². The summed E-state index contributed by atoms with van der Waals surface area (Å²) in [7, 11) is 0. The Morgan fingerprint density at radius 3 is 2.00 bits per heavy atom. The van der Waals surface area contributed by atoms with Crippen molar-refractivity contribution in [3.8, 4) is 0 Å². The van der Waals surface area contributed by atoms with Gasteiger partial charge in [0.15, 0.2) is 5.60 Å². The molecule has 1 fully saturated rings. The molecule has 72 valence electrons. The SMILES string of the molecule is OC1(C(F)(F)Br)COCCOC1. The zero-order chi connectivity index (χ0) is 9.24. The smallest absolute Gasteiger partial charge is 0.333 e. The summed E-state index contributed by atoms with van der Waals surface area (Å²) in [5.41, 5.74) is -2.26. The van der Waals surface area contributed by atoms with E-state index in [1.807, 2.05) is 0 Å². The van der Waals surface area contributed by atoms with E-state index in [0.29, 0.717) is 0 Å². The highest BCUT2D eigenvalue weighted by molar-refractivity contribution is 9.10. The molecule has 0 amide bonds. The van der Waals surface area contributed by atoms with Crippen molar-refractivity contribution in [3.63, 3.8) is 0 Å². The highest BCUT2D eigenvalue weighted by Crippen LogP contribution is 2.36. The van der Waals surface area contributed by atoms with E-state index in [2.05, 4.69) is 15.9 Å². The number of hydrogen-bond donors (Lipinski definition) is 1. The molecule has 0 atom stereocenters. The number of ether oxygens (including phenoxy) is 2. The summed E-state index contributed by atoms with van der Waals surface area (Å²) in [5, 5.41) is 9.34. The molecule has 0 bridgehead atoms. The topological polar surface area (TPSA) is 38.7 Å². The Kier molecular flexibility index (Phi) is 3.03. The lowest BCUT2D eigenvalue weighted by molar-refractivity contribution is -0.161. The van der Waals surface area contributed by atoms with Crippen LogP contribution in [0.2, 0.25) is 0 Å². The van der Waals surface area contributed by atoms with Gasteiger partial charge < -0.3 is 14.6 Å². The van der Waals surface area contributed by atoms with E-state index in [0.717, 1.165) is 0 Å². The molecule has 0 aromatic rings. The van der Waals surface area contributed by atoms with Gasteiger partial charge in [0.05, 0.1) is 26.4 Å². The van der Waals surface area contributed by atoms with Gasteiger partial charge in [0.25, 0.3) is 0 Å². The first-order chi connectivity index (χ1) is 5.46. The zero-order valence-electron chi connectivity index (χ0n) is 6.23. The van der Waals surface area contributed by atoms with Crippen LogP contribution in [0, 0.1) is 0 Å². The minimum Gasteiger partial charge on any atom is -0.378 e. The zero-order valence-corrected chi connectivity index (χ0v) is 7.81. The van der Waals surface area contributed by atoms with Gasteiger partial charge >= 0.3 is 4.83 Å². The van der Waals surface area contributed by atoms with E-state index < -0.39 is 23.6 Å². The fourth-order valence-corrected chi connectivity index (χ4v) is 1.03. The van der Waals surface area contributed by atoms with Crippen molar-refractivity contribution < 1.29 is 23.4 Å². The number of rotatable bonds is 1. The van der Waals surface area contributed by atoms with E-state index >= 15 is 0 Å². The molecule has 12 heavy (non-hydrogen) atoms. The maximum absolute atomic E-state index is 12.7. The Labute approximate surface area is 76.8 Å². The quantitative estimate of drug-likeness (QED) is 0.695. The van der Waals surface area contributed by atoms with Crippen molar-refractivity contribution in [1.82, 2.24) is 0 Å². The monoisotopic (exact) mass is 246 g/mol. The first-order valence-corrected chi connectivity index (χ1v) is 4.20. The third-order valence-electron chi connectivity index (χ3n) is 1.58. The third kappa shape index (κ3) is 2.12. The molecule has 0 radical (unpaired) electrons. The number of alkyl halides is 3. The number of hydrogen-bond acceptors (Lipinski definition) is 3. The van der Waals surface area contributed by atoms with E-state index in [9.17, 15) is 13.9 Å². The standard InChI is InChI=1S/C6H9BrF2O3/c7-6(8,9)5(10)3-11-1-2-12-4-5/h10H,1-4H2. The summed E-state index contributed by atoms with van der Waals surface area (Å²) >= 11 is 2.09. The van der Waals surface area contributed by atoms with E-state index in [1.165, 1.54) is 0 Å². The van der Waals surface area contributed by atoms with Crippen LogP contribution in [-0.2, 0) is 9.47 Å². The van der Waals surface area contributed by atoms with Gasteiger partial charge in [-0.25, -0.2) is 0 Å². The highest BCUT2D eigenvalue weighted by atomic mass is 79.9. The molecular weight excluding hydrogens is 238 g/mol. The molecule has 3 nitrogen and oxygen atoms in total. The van der Waals surface area contributed by atoms with Crippen molar-refractivity contribution in [2.45, 2.75) is 10.4 Å². The molecule has 0 unspecified atom stereocenters. The molecule has 1 saturated heterocycles.